The van der Waals surface area contributed by atoms with Crippen LogP contribution in [0.2, 0.25) is 0 Å². The molecule has 0 fully saturated rings. The molecule has 0 heterocycles. The summed E-state index contributed by atoms with van der Waals surface area (Å²) in [6, 6.07) is 0. The zero-order valence-electron chi connectivity index (χ0n) is 10.9. The summed E-state index contributed by atoms with van der Waals surface area (Å²) in [5.41, 5.74) is 0. The molecular formula is C14H28O3. The molecule has 0 saturated carbocycles. The molecule has 102 valence electrons. The molecule has 3 heteroatoms. The van der Waals surface area contributed by atoms with E-state index in [1.807, 2.05) is 0 Å². The van der Waals surface area contributed by atoms with Crippen LogP contribution in [0.3, 0.4) is 0 Å². The van der Waals surface area contributed by atoms with Gasteiger partial charge in [0.25, 0.3) is 0 Å². The molecule has 0 aromatic heterocycles. The number of hydrogen-bond donors (Lipinski definition) is 2. The van der Waals surface area contributed by atoms with E-state index in [1.54, 1.807) is 6.61 Å². The van der Waals surface area contributed by atoms with E-state index in [2.05, 4.69) is 6.92 Å². The first-order chi connectivity index (χ1) is 8.31. The lowest BCUT2D eigenvalue weighted by atomic mass is 10.1. The second kappa shape index (κ2) is 13.9. The SMILES string of the molecule is [CH2]CCCCCCCCC[CH]OCC(O)CO. The van der Waals surface area contributed by atoms with E-state index >= 15 is 0 Å². The van der Waals surface area contributed by atoms with Crippen molar-refractivity contribution in [2.75, 3.05) is 13.2 Å². The molecule has 2 radical (unpaired) electrons. The van der Waals surface area contributed by atoms with Gasteiger partial charge in [-0.1, -0.05) is 58.3 Å². The van der Waals surface area contributed by atoms with Gasteiger partial charge in [0.2, 0.25) is 0 Å². The molecule has 1 atom stereocenters. The van der Waals surface area contributed by atoms with Crippen LogP contribution in [0.4, 0.5) is 0 Å². The van der Waals surface area contributed by atoms with Gasteiger partial charge < -0.3 is 14.9 Å². The predicted octanol–water partition coefficient (Wildman–Crippen LogP) is 2.86. The van der Waals surface area contributed by atoms with Crippen LogP contribution in [0.1, 0.15) is 57.8 Å². The van der Waals surface area contributed by atoms with E-state index < -0.39 is 6.10 Å². The summed E-state index contributed by atoms with van der Waals surface area (Å²) in [6.07, 6.45) is 10.2. The average molecular weight is 244 g/mol. The van der Waals surface area contributed by atoms with E-state index in [-0.39, 0.29) is 13.2 Å². The van der Waals surface area contributed by atoms with E-state index in [4.69, 9.17) is 14.9 Å². The van der Waals surface area contributed by atoms with E-state index in [0.717, 1.165) is 19.3 Å². The Balaban J connectivity index is 2.94. The van der Waals surface area contributed by atoms with Crippen LogP contribution >= 0.6 is 0 Å². The lowest BCUT2D eigenvalue weighted by Gasteiger charge is -2.07. The van der Waals surface area contributed by atoms with Gasteiger partial charge in [-0.3, -0.25) is 0 Å². The minimum atomic E-state index is -0.751. The Labute approximate surface area is 106 Å². The monoisotopic (exact) mass is 244 g/mol. The molecule has 0 spiro atoms. The number of hydrogen-bond acceptors (Lipinski definition) is 3. The molecule has 2 N–H and O–H groups in total. The van der Waals surface area contributed by atoms with Crippen LogP contribution < -0.4 is 0 Å². The zero-order chi connectivity index (χ0) is 12.8. The number of ether oxygens (including phenoxy) is 1. The highest BCUT2D eigenvalue weighted by Gasteiger charge is 2.00. The lowest BCUT2D eigenvalue weighted by Crippen LogP contribution is -2.18. The molecule has 0 bridgehead atoms. The third-order valence-corrected chi connectivity index (χ3v) is 2.69. The molecule has 0 amide bonds. The summed E-state index contributed by atoms with van der Waals surface area (Å²) in [5, 5.41) is 17.6. The van der Waals surface area contributed by atoms with Gasteiger partial charge in [0.1, 0.15) is 6.10 Å². The second-order valence-electron chi connectivity index (χ2n) is 4.45. The normalized spacial score (nSPS) is 12.9. The fourth-order valence-electron chi connectivity index (χ4n) is 1.60. The molecule has 0 rings (SSSR count). The minimum absolute atomic E-state index is 0.196. The maximum atomic E-state index is 9.00. The second-order valence-corrected chi connectivity index (χ2v) is 4.45. The van der Waals surface area contributed by atoms with Crippen molar-refractivity contribution in [3.8, 4) is 0 Å². The number of unbranched alkanes of at least 4 members (excludes halogenated alkanes) is 8. The van der Waals surface area contributed by atoms with E-state index in [9.17, 15) is 0 Å². The quantitative estimate of drug-likeness (QED) is 0.490. The van der Waals surface area contributed by atoms with Crippen molar-refractivity contribution in [2.24, 2.45) is 0 Å². The van der Waals surface area contributed by atoms with Crippen molar-refractivity contribution in [2.45, 2.75) is 63.9 Å². The summed E-state index contributed by atoms with van der Waals surface area (Å²) in [5.74, 6) is 0. The molecular weight excluding hydrogens is 216 g/mol. The van der Waals surface area contributed by atoms with Gasteiger partial charge in [0, 0.05) is 0 Å². The lowest BCUT2D eigenvalue weighted by molar-refractivity contribution is 0.0249. The Bertz CT molecular complexity index is 139. The highest BCUT2D eigenvalue weighted by atomic mass is 16.5. The third kappa shape index (κ3) is 13.8. The first-order valence-corrected chi connectivity index (χ1v) is 6.82. The molecule has 0 saturated heterocycles. The van der Waals surface area contributed by atoms with Crippen molar-refractivity contribution < 1.29 is 14.9 Å². The summed E-state index contributed by atoms with van der Waals surface area (Å²) < 4.78 is 5.10. The maximum absolute atomic E-state index is 9.00. The summed E-state index contributed by atoms with van der Waals surface area (Å²) >= 11 is 0. The number of aliphatic hydroxyl groups is 2. The van der Waals surface area contributed by atoms with Gasteiger partial charge in [-0.05, 0) is 6.42 Å². The fraction of sp³-hybridized carbons (Fsp3) is 0.857. The van der Waals surface area contributed by atoms with Gasteiger partial charge in [0.05, 0.1) is 19.8 Å². The van der Waals surface area contributed by atoms with Crippen LogP contribution in [-0.2, 0) is 4.74 Å². The highest BCUT2D eigenvalue weighted by molar-refractivity contribution is 4.56. The van der Waals surface area contributed by atoms with Crippen molar-refractivity contribution in [3.05, 3.63) is 13.5 Å². The molecule has 17 heavy (non-hydrogen) atoms. The Kier molecular flexibility index (Phi) is 13.8. The summed E-state index contributed by atoms with van der Waals surface area (Å²) in [7, 11) is 0. The summed E-state index contributed by atoms with van der Waals surface area (Å²) in [4.78, 5) is 0. The molecule has 0 aromatic rings. The Hall–Kier alpha value is -0.120. The van der Waals surface area contributed by atoms with Crippen LogP contribution in [0.25, 0.3) is 0 Å². The molecule has 0 aliphatic carbocycles. The van der Waals surface area contributed by atoms with Gasteiger partial charge in [-0.25, -0.2) is 0 Å². The van der Waals surface area contributed by atoms with Crippen molar-refractivity contribution in [1.82, 2.24) is 0 Å². The first kappa shape index (κ1) is 16.9. The van der Waals surface area contributed by atoms with Crippen LogP contribution in [0.15, 0.2) is 0 Å². The molecule has 0 aliphatic heterocycles. The molecule has 1 unspecified atom stereocenters. The largest absolute Gasteiger partial charge is 0.394 e. The van der Waals surface area contributed by atoms with Gasteiger partial charge in [-0.2, -0.15) is 0 Å². The first-order valence-electron chi connectivity index (χ1n) is 6.82. The summed E-state index contributed by atoms with van der Waals surface area (Å²) in [6.45, 7) is 5.53. The highest BCUT2D eigenvalue weighted by Crippen LogP contribution is 2.10. The topological polar surface area (TPSA) is 49.7 Å². The van der Waals surface area contributed by atoms with Crippen LogP contribution in [0.5, 0.6) is 0 Å². The van der Waals surface area contributed by atoms with Crippen molar-refractivity contribution in [3.63, 3.8) is 0 Å². The molecule has 0 aromatic carbocycles. The number of rotatable bonds is 13. The molecule has 0 aliphatic rings. The fourth-order valence-corrected chi connectivity index (χ4v) is 1.60. The average Bonchev–Trinajstić information content (AvgIpc) is 2.35. The van der Waals surface area contributed by atoms with Crippen LogP contribution in [-0.4, -0.2) is 29.5 Å². The van der Waals surface area contributed by atoms with Gasteiger partial charge in [-0.15, -0.1) is 0 Å². The smallest absolute Gasteiger partial charge is 0.100 e. The maximum Gasteiger partial charge on any atom is 0.100 e. The Morgan fingerprint density at radius 3 is 2.18 bits per heavy atom. The van der Waals surface area contributed by atoms with Crippen molar-refractivity contribution >= 4 is 0 Å². The standard InChI is InChI=1S/C14H28O3/c1-2-3-4-5-6-7-8-9-10-11-17-13-14(16)12-15/h11,14-16H,1-10,12-13H2. The van der Waals surface area contributed by atoms with Gasteiger partial charge in [0.15, 0.2) is 0 Å². The van der Waals surface area contributed by atoms with Crippen molar-refractivity contribution in [1.29, 1.82) is 0 Å². The minimum Gasteiger partial charge on any atom is -0.394 e. The zero-order valence-corrected chi connectivity index (χ0v) is 10.9. The van der Waals surface area contributed by atoms with E-state index in [1.165, 1.54) is 38.5 Å². The predicted molar refractivity (Wildman–Crippen MR) is 70.3 cm³/mol. The van der Waals surface area contributed by atoms with Crippen LogP contribution in [0, 0.1) is 13.5 Å². The van der Waals surface area contributed by atoms with Gasteiger partial charge >= 0.3 is 0 Å². The molecule has 3 nitrogen and oxygen atoms in total. The van der Waals surface area contributed by atoms with E-state index in [0.29, 0.717) is 0 Å². The third-order valence-electron chi connectivity index (χ3n) is 2.69. The Morgan fingerprint density at radius 1 is 1.00 bits per heavy atom. The number of aliphatic hydroxyl groups excluding tert-OH is 2. The Morgan fingerprint density at radius 2 is 1.59 bits per heavy atom.